The van der Waals surface area contributed by atoms with E-state index in [1.165, 1.54) is 10.7 Å². The third kappa shape index (κ3) is 36.9. The molecule has 0 aliphatic rings. The summed E-state index contributed by atoms with van der Waals surface area (Å²) in [6.45, 7) is 17.5. The number of hydrogen-bond donors (Lipinski definition) is 5. The van der Waals surface area contributed by atoms with Crippen LogP contribution in [0.1, 0.15) is 48.3 Å². The van der Waals surface area contributed by atoms with Crippen molar-refractivity contribution in [2.24, 2.45) is 18.7 Å². The van der Waals surface area contributed by atoms with Gasteiger partial charge in [0.25, 0.3) is 17.4 Å². The van der Waals surface area contributed by atoms with Crippen molar-refractivity contribution in [3.63, 3.8) is 0 Å². The molecule has 2 aromatic carbocycles. The summed E-state index contributed by atoms with van der Waals surface area (Å²) >= 11 is 0. The van der Waals surface area contributed by atoms with E-state index in [9.17, 15) is 24.3 Å². The van der Waals surface area contributed by atoms with E-state index in [1.807, 2.05) is 50.2 Å². The summed E-state index contributed by atoms with van der Waals surface area (Å²) < 4.78 is 90.3. The number of aryl methyl sites for hydroxylation is 2. The van der Waals surface area contributed by atoms with Gasteiger partial charge in [-0.25, -0.2) is 9.67 Å². The van der Waals surface area contributed by atoms with E-state index in [0.29, 0.717) is 227 Å². The number of fused-ring (bicyclic) bond motifs is 1. The van der Waals surface area contributed by atoms with Gasteiger partial charge in [0.1, 0.15) is 29.1 Å². The summed E-state index contributed by atoms with van der Waals surface area (Å²) in [5.41, 5.74) is 10.0. The van der Waals surface area contributed by atoms with E-state index in [1.54, 1.807) is 43.6 Å². The summed E-state index contributed by atoms with van der Waals surface area (Å²) in [5, 5.41) is 23.0. The molecule has 536 valence electrons. The predicted octanol–water partition coefficient (Wildman–Crippen LogP) is 3.00. The number of carbonyl (C=O) groups is 3. The topological polar surface area (TPSA) is 346 Å². The summed E-state index contributed by atoms with van der Waals surface area (Å²) in [6, 6.07) is 19.4. The van der Waals surface area contributed by atoms with Crippen molar-refractivity contribution in [1.29, 1.82) is 0 Å². The first-order chi connectivity index (χ1) is 47.0. The fourth-order valence-corrected chi connectivity index (χ4v) is 8.71. The molecule has 0 saturated heterocycles. The van der Waals surface area contributed by atoms with Crippen molar-refractivity contribution >= 4 is 34.5 Å². The zero-order valence-corrected chi connectivity index (χ0v) is 56.0. The van der Waals surface area contributed by atoms with Crippen molar-refractivity contribution in [2.75, 3.05) is 210 Å². The van der Waals surface area contributed by atoms with Gasteiger partial charge in [-0.05, 0) is 73.1 Å². The Labute approximate surface area is 562 Å². The summed E-state index contributed by atoms with van der Waals surface area (Å²) in [7, 11) is 1.55. The monoisotopic (exact) mass is 1350 g/mol. The van der Waals surface area contributed by atoms with Gasteiger partial charge in [0.2, 0.25) is 11.8 Å². The molecular weight excluding hydrogens is 1250 g/mol. The fraction of sp³-hybridized carbons (Fsp3) is 0.627. The van der Waals surface area contributed by atoms with Crippen LogP contribution in [0.25, 0.3) is 22.7 Å². The maximum Gasteiger partial charge on any atom is 0.274 e. The first kappa shape index (κ1) is 80.4. The van der Waals surface area contributed by atoms with Gasteiger partial charge >= 0.3 is 0 Å². The van der Waals surface area contributed by atoms with Gasteiger partial charge in [0.15, 0.2) is 5.58 Å². The number of nitrogens with two attached hydrogens (primary N) is 1. The molecule has 0 saturated carbocycles. The number of nitrogens with zero attached hydrogens (tertiary/aromatic N) is 4. The van der Waals surface area contributed by atoms with Crippen molar-refractivity contribution in [2.45, 2.75) is 57.7 Å². The van der Waals surface area contributed by atoms with E-state index in [-0.39, 0.29) is 48.0 Å². The largest absolute Gasteiger partial charge is 0.435 e. The Morgan fingerprint density at radius 1 is 0.552 bits per heavy atom. The van der Waals surface area contributed by atoms with E-state index >= 15 is 0 Å². The van der Waals surface area contributed by atoms with Crippen LogP contribution < -0.4 is 27.2 Å². The number of hydrogen-bond acceptors (Lipinski definition) is 25. The number of pyridine rings is 1. The molecule has 0 unspecified atom stereocenters. The molecule has 5 aromatic rings. The van der Waals surface area contributed by atoms with Crippen molar-refractivity contribution < 1.29 is 95.0 Å². The molecule has 3 amide bonds. The van der Waals surface area contributed by atoms with Gasteiger partial charge in [0.05, 0.1) is 192 Å². The molecule has 0 aliphatic heterocycles. The first-order valence-corrected chi connectivity index (χ1v) is 32.9. The second kappa shape index (κ2) is 51.8. The van der Waals surface area contributed by atoms with E-state index in [0.717, 1.165) is 24.0 Å². The highest BCUT2D eigenvalue weighted by molar-refractivity contribution is 6.03. The number of nitrogens with one attached hydrogen (secondary N) is 3. The smallest absolute Gasteiger partial charge is 0.274 e. The maximum absolute atomic E-state index is 12.9. The molecule has 0 bridgehead atoms. The molecule has 0 fully saturated rings. The van der Waals surface area contributed by atoms with Crippen LogP contribution in [-0.2, 0) is 101 Å². The van der Waals surface area contributed by atoms with Crippen LogP contribution in [0, 0.1) is 5.92 Å². The number of benzene rings is 2. The number of aliphatic hydroxyl groups excluding tert-OH is 1. The lowest BCUT2D eigenvalue weighted by atomic mass is 10.00. The van der Waals surface area contributed by atoms with E-state index < -0.39 is 24.1 Å². The molecule has 3 aromatic heterocycles. The number of aliphatic hydroxyl groups is 1. The molecule has 6 N–H and O–H groups in total. The quantitative estimate of drug-likeness (QED) is 0.0349. The average Bonchev–Trinajstić information content (AvgIpc) is 1.71. The number of carbonyl (C=O) groups excluding carboxylic acids is 3. The van der Waals surface area contributed by atoms with Gasteiger partial charge in [-0.15, -0.1) is 0 Å². The highest BCUT2D eigenvalue weighted by atomic mass is 16.6. The first-order valence-electron chi connectivity index (χ1n) is 32.9. The number of anilines is 1. The molecule has 3 heterocycles. The average molecular weight is 1360 g/mol. The molecule has 3 atom stereocenters. The predicted molar refractivity (Wildman–Crippen MR) is 354 cm³/mol. The Bertz CT molecular complexity index is 2870. The van der Waals surface area contributed by atoms with Gasteiger partial charge in [-0.2, -0.15) is 5.10 Å². The molecule has 0 aliphatic carbocycles. The van der Waals surface area contributed by atoms with Crippen LogP contribution in [0.5, 0.6) is 0 Å². The van der Waals surface area contributed by atoms with Gasteiger partial charge in [-0.3, -0.25) is 24.2 Å². The lowest BCUT2D eigenvalue weighted by Gasteiger charge is -2.24. The lowest BCUT2D eigenvalue weighted by molar-refractivity contribution is -0.135. The molecule has 96 heavy (non-hydrogen) atoms. The third-order valence-electron chi connectivity index (χ3n) is 13.7. The van der Waals surface area contributed by atoms with Crippen molar-refractivity contribution in [3.8, 4) is 11.6 Å². The second-order valence-corrected chi connectivity index (χ2v) is 22.0. The minimum absolute atomic E-state index is 0.125. The van der Waals surface area contributed by atoms with Crippen molar-refractivity contribution in [3.05, 3.63) is 106 Å². The van der Waals surface area contributed by atoms with Crippen LogP contribution in [0.4, 0.5) is 5.69 Å². The Morgan fingerprint density at radius 2 is 1.01 bits per heavy atom. The van der Waals surface area contributed by atoms with E-state index in [2.05, 4.69) is 31.0 Å². The Morgan fingerprint density at radius 3 is 1.45 bits per heavy atom. The Hall–Kier alpha value is -6.33. The molecule has 29 heteroatoms. The Kier molecular flexibility index (Phi) is 43.4. The highest BCUT2D eigenvalue weighted by Gasteiger charge is 2.29. The lowest BCUT2D eigenvalue weighted by Crippen LogP contribution is -2.54. The maximum atomic E-state index is 12.9. The Balaban J connectivity index is 0.656. The summed E-state index contributed by atoms with van der Waals surface area (Å²) in [5.74, 6) is -0.994. The van der Waals surface area contributed by atoms with Crippen LogP contribution in [0.15, 0.2) is 88.2 Å². The van der Waals surface area contributed by atoms with Crippen LogP contribution in [-0.4, -0.2) is 266 Å². The van der Waals surface area contributed by atoms with Crippen LogP contribution in [0.3, 0.4) is 0 Å². The molecule has 0 radical (unpaired) electrons. The fourth-order valence-electron chi connectivity index (χ4n) is 8.71. The molecular formula is C67H102N8O21. The van der Waals surface area contributed by atoms with E-state index in [4.69, 9.17) is 81.2 Å². The number of ether oxygens (including phenoxy) is 15. The van der Waals surface area contributed by atoms with Gasteiger partial charge in [-0.1, -0.05) is 50.2 Å². The number of aromatic nitrogens is 4. The summed E-state index contributed by atoms with van der Waals surface area (Å²) in [6.07, 6.45) is 2.51. The van der Waals surface area contributed by atoms with Crippen LogP contribution in [0.2, 0.25) is 0 Å². The van der Waals surface area contributed by atoms with Gasteiger partial charge < -0.3 is 102 Å². The molecule has 5 rings (SSSR count). The SMILES string of the molecule is CC(C)C[C@H](NC(=O)[C@@H](O)[C@H](N)Cc1ccccc1)C(=O)NCCOCCOCCOCCOCCOCCOCCOCCOCCOCCOCCOCCOCCOCCOCCOCCCc1ccc(C(=O)Nc2ccc3oc(-c4ccc(=O)n(C)n4)nc3c2)nc1. The number of rotatable bonds is 60. The van der Waals surface area contributed by atoms with Crippen molar-refractivity contribution in [1.82, 2.24) is 30.4 Å². The second-order valence-electron chi connectivity index (χ2n) is 22.0. The zero-order chi connectivity index (χ0) is 68.3. The van der Waals surface area contributed by atoms with Gasteiger partial charge in [0, 0.05) is 44.2 Å². The standard InChI is InChI=1S/C67H102N8O21/c1-52(2)48-60(72-66(80)63(77)56(68)49-53-8-5-4-6-9-53)64(78)69-17-19-82-21-23-84-25-27-86-29-31-88-33-35-90-37-39-92-41-43-94-45-47-95-46-44-93-42-40-91-38-36-89-34-32-87-30-28-85-26-24-83-22-20-81-18-7-10-54-11-13-57(70-51-54)65(79)71-55-12-15-61-59(50-55)73-67(96-61)58-14-16-62(76)75(3)74-58/h4-6,8-9,11-16,50-52,56,60,63,77H,7,10,17-49,68H2,1-3H3,(H,69,78)(H,71,79)(H,72,80)/t56-,60+,63+/m1/s1. The third-order valence-corrected chi connectivity index (χ3v) is 13.7. The molecule has 0 spiro atoms. The summed E-state index contributed by atoms with van der Waals surface area (Å²) in [4.78, 5) is 59.0. The zero-order valence-electron chi connectivity index (χ0n) is 56.0. The normalized spacial score (nSPS) is 12.6. The highest BCUT2D eigenvalue weighted by Crippen LogP contribution is 2.25. The van der Waals surface area contributed by atoms with Crippen LogP contribution >= 0.6 is 0 Å². The number of oxazole rings is 1. The molecule has 29 nitrogen and oxygen atoms in total. The number of amides is 3. The minimum atomic E-state index is -1.46. The minimum Gasteiger partial charge on any atom is -0.435 e.